The first-order chi connectivity index (χ1) is 15.9. The number of pyridine rings is 1. The van der Waals surface area contributed by atoms with Crippen molar-refractivity contribution in [2.75, 3.05) is 13.1 Å². The van der Waals surface area contributed by atoms with Gasteiger partial charge < -0.3 is 9.47 Å². The minimum Gasteiger partial charge on any atom is -0.371 e. The van der Waals surface area contributed by atoms with Crippen LogP contribution in [-0.2, 0) is 6.54 Å². The Kier molecular flexibility index (Phi) is 7.02. The molecule has 1 aromatic carbocycles. The summed E-state index contributed by atoms with van der Waals surface area (Å²) in [6, 6.07) is 12.9. The van der Waals surface area contributed by atoms with Crippen LogP contribution >= 0.6 is 0 Å². The number of rotatable bonds is 7. The maximum atomic E-state index is 5.08. The number of aromatic nitrogens is 2. The third-order valence-corrected chi connectivity index (χ3v) is 7.30. The zero-order chi connectivity index (χ0) is 23.5. The molecule has 3 aromatic rings. The summed E-state index contributed by atoms with van der Waals surface area (Å²) >= 11 is 0. The van der Waals surface area contributed by atoms with Crippen molar-refractivity contribution in [3.63, 3.8) is 0 Å². The van der Waals surface area contributed by atoms with Crippen molar-refractivity contribution in [3.05, 3.63) is 66.0 Å². The first-order valence-corrected chi connectivity index (χ1v) is 12.5. The molecule has 1 aliphatic rings. The molecule has 1 saturated heterocycles. The highest BCUT2D eigenvalue weighted by atomic mass is 15.1. The largest absolute Gasteiger partial charge is 0.371 e. The van der Waals surface area contributed by atoms with Gasteiger partial charge in [0.25, 0.3) is 0 Å². The SMILES string of the molecule is C=C(c1ccc(C)c(/N=C(\C)c2cc3cccnc3n2CC)c1)N1CCC(CCC)C(C)C1. The molecule has 0 aliphatic carbocycles. The molecule has 0 N–H and O–H groups in total. The standard InChI is InChI=1S/C29H38N4/c1-7-10-24-14-16-32(19-21(24)4)23(6)25-13-12-20(3)27(17-25)31-22(5)28-18-26-11-9-15-30-29(26)33(28)8-2/h9,11-13,15,17-18,21,24H,6-8,10,14,16,19H2,1-5H3/b31-22+. The molecule has 0 saturated carbocycles. The van der Waals surface area contributed by atoms with Crippen molar-refractivity contribution in [3.8, 4) is 0 Å². The van der Waals surface area contributed by atoms with Crippen LogP contribution in [0.15, 0.2) is 54.2 Å². The fourth-order valence-electron chi connectivity index (χ4n) is 5.28. The van der Waals surface area contributed by atoms with Gasteiger partial charge in [-0.2, -0.15) is 0 Å². The maximum Gasteiger partial charge on any atom is 0.140 e. The number of aryl methyl sites for hydroxylation is 2. The fourth-order valence-corrected chi connectivity index (χ4v) is 5.28. The highest BCUT2D eigenvalue weighted by Gasteiger charge is 2.26. The van der Waals surface area contributed by atoms with E-state index in [-0.39, 0.29) is 0 Å². The summed E-state index contributed by atoms with van der Waals surface area (Å²) in [4.78, 5) is 12.1. The number of hydrogen-bond acceptors (Lipinski definition) is 3. The summed E-state index contributed by atoms with van der Waals surface area (Å²) in [5, 5.41) is 1.16. The molecule has 4 rings (SSSR count). The van der Waals surface area contributed by atoms with Crippen molar-refractivity contribution in [1.82, 2.24) is 14.5 Å². The number of hydrogen-bond donors (Lipinski definition) is 0. The van der Waals surface area contributed by atoms with Crippen LogP contribution in [-0.4, -0.2) is 33.3 Å². The molecule has 33 heavy (non-hydrogen) atoms. The average molecular weight is 443 g/mol. The molecule has 2 unspecified atom stereocenters. The smallest absolute Gasteiger partial charge is 0.140 e. The van der Waals surface area contributed by atoms with Gasteiger partial charge >= 0.3 is 0 Å². The predicted octanol–water partition coefficient (Wildman–Crippen LogP) is 7.23. The molecular formula is C29H38N4. The third kappa shape index (κ3) is 4.75. The predicted molar refractivity (Wildman–Crippen MR) is 141 cm³/mol. The molecule has 1 aliphatic heterocycles. The van der Waals surface area contributed by atoms with E-state index in [9.17, 15) is 0 Å². The lowest BCUT2D eigenvalue weighted by molar-refractivity contribution is 0.173. The van der Waals surface area contributed by atoms with Crippen molar-refractivity contribution >= 4 is 28.1 Å². The molecule has 0 radical (unpaired) electrons. The van der Waals surface area contributed by atoms with Crippen LogP contribution in [0.2, 0.25) is 0 Å². The van der Waals surface area contributed by atoms with Crippen LogP contribution in [0.25, 0.3) is 16.7 Å². The Morgan fingerprint density at radius 1 is 1.21 bits per heavy atom. The molecule has 4 nitrogen and oxygen atoms in total. The normalized spacial score (nSPS) is 19.3. The number of nitrogens with zero attached hydrogens (tertiary/aromatic N) is 4. The minimum absolute atomic E-state index is 0.713. The summed E-state index contributed by atoms with van der Waals surface area (Å²) in [7, 11) is 0. The molecule has 2 aromatic heterocycles. The second-order valence-electron chi connectivity index (χ2n) is 9.60. The van der Waals surface area contributed by atoms with E-state index in [1.807, 2.05) is 12.3 Å². The van der Waals surface area contributed by atoms with E-state index in [1.54, 1.807) is 0 Å². The Balaban J connectivity index is 1.60. The quantitative estimate of drug-likeness (QED) is 0.362. The fraction of sp³-hybridized carbons (Fsp3) is 0.448. The molecule has 2 atom stereocenters. The van der Waals surface area contributed by atoms with Gasteiger partial charge in [-0.05, 0) is 74.4 Å². The van der Waals surface area contributed by atoms with Gasteiger partial charge in [0.2, 0.25) is 0 Å². The summed E-state index contributed by atoms with van der Waals surface area (Å²) in [6.07, 6.45) is 5.74. The van der Waals surface area contributed by atoms with E-state index in [0.717, 1.165) is 59.4 Å². The first-order valence-electron chi connectivity index (χ1n) is 12.5. The Bertz CT molecular complexity index is 1170. The highest BCUT2D eigenvalue weighted by Crippen LogP contribution is 2.33. The molecule has 174 valence electrons. The van der Waals surface area contributed by atoms with Gasteiger partial charge in [-0.15, -0.1) is 0 Å². The zero-order valence-corrected chi connectivity index (χ0v) is 20.9. The van der Waals surface area contributed by atoms with Crippen LogP contribution in [0.1, 0.15) is 63.8 Å². The van der Waals surface area contributed by atoms with Crippen molar-refractivity contribution < 1.29 is 0 Å². The van der Waals surface area contributed by atoms with Crippen LogP contribution in [0, 0.1) is 18.8 Å². The summed E-state index contributed by atoms with van der Waals surface area (Å²) < 4.78 is 2.24. The molecule has 0 amide bonds. The van der Waals surface area contributed by atoms with Gasteiger partial charge in [-0.1, -0.05) is 45.4 Å². The monoisotopic (exact) mass is 442 g/mol. The summed E-state index contributed by atoms with van der Waals surface area (Å²) in [5.74, 6) is 1.56. The maximum absolute atomic E-state index is 5.08. The van der Waals surface area contributed by atoms with Crippen LogP contribution < -0.4 is 0 Å². The number of benzene rings is 1. The van der Waals surface area contributed by atoms with Crippen molar-refractivity contribution in [2.45, 2.75) is 60.4 Å². The Labute approximate surface area is 199 Å². The lowest BCUT2D eigenvalue weighted by Crippen LogP contribution is -2.37. The van der Waals surface area contributed by atoms with Crippen LogP contribution in [0.4, 0.5) is 5.69 Å². The van der Waals surface area contributed by atoms with Crippen LogP contribution in [0.5, 0.6) is 0 Å². The molecular weight excluding hydrogens is 404 g/mol. The Morgan fingerprint density at radius 2 is 2.03 bits per heavy atom. The van der Waals surface area contributed by atoms with Gasteiger partial charge in [-0.3, -0.25) is 4.99 Å². The van der Waals surface area contributed by atoms with Crippen LogP contribution in [0.3, 0.4) is 0 Å². The average Bonchev–Trinajstić information content (AvgIpc) is 3.20. The molecule has 1 fully saturated rings. The molecule has 3 heterocycles. The lowest BCUT2D eigenvalue weighted by Gasteiger charge is -2.39. The lowest BCUT2D eigenvalue weighted by atomic mass is 9.83. The second-order valence-corrected chi connectivity index (χ2v) is 9.60. The zero-order valence-electron chi connectivity index (χ0n) is 20.9. The molecule has 0 bridgehead atoms. The first kappa shape index (κ1) is 23.3. The number of aliphatic imine (C=N–C) groups is 1. The Hall–Kier alpha value is -2.88. The van der Waals surface area contributed by atoms with Gasteiger partial charge in [0.05, 0.1) is 17.1 Å². The number of likely N-dealkylation sites (tertiary alicyclic amines) is 1. The number of piperidine rings is 1. The third-order valence-electron chi connectivity index (χ3n) is 7.30. The van der Waals surface area contributed by atoms with Crippen molar-refractivity contribution in [1.29, 1.82) is 0 Å². The van der Waals surface area contributed by atoms with E-state index in [1.165, 1.54) is 30.4 Å². The number of fused-ring (bicyclic) bond motifs is 1. The minimum atomic E-state index is 0.713. The van der Waals surface area contributed by atoms with Gasteiger partial charge in [0, 0.05) is 36.9 Å². The summed E-state index contributed by atoms with van der Waals surface area (Å²) in [6.45, 7) is 18.6. The van der Waals surface area contributed by atoms with Gasteiger partial charge in [-0.25, -0.2) is 4.98 Å². The van der Waals surface area contributed by atoms with Crippen molar-refractivity contribution in [2.24, 2.45) is 16.8 Å². The van der Waals surface area contributed by atoms with Gasteiger partial charge in [0.1, 0.15) is 5.65 Å². The Morgan fingerprint density at radius 3 is 2.76 bits per heavy atom. The van der Waals surface area contributed by atoms with Gasteiger partial charge in [0.15, 0.2) is 0 Å². The second kappa shape index (κ2) is 9.94. The molecule has 0 spiro atoms. The topological polar surface area (TPSA) is 33.4 Å². The highest BCUT2D eigenvalue weighted by molar-refractivity contribution is 6.02. The van der Waals surface area contributed by atoms with E-state index in [2.05, 4.69) is 86.0 Å². The molecule has 4 heteroatoms. The van der Waals surface area contributed by atoms with E-state index < -0.39 is 0 Å². The van der Waals surface area contributed by atoms with E-state index >= 15 is 0 Å². The van der Waals surface area contributed by atoms with E-state index in [4.69, 9.17) is 4.99 Å². The summed E-state index contributed by atoms with van der Waals surface area (Å²) in [5.41, 5.74) is 7.64. The van der Waals surface area contributed by atoms with E-state index in [0.29, 0.717) is 5.92 Å².